The Balaban J connectivity index is 1.56. The van der Waals surface area contributed by atoms with Gasteiger partial charge in [-0.1, -0.05) is 6.92 Å². The number of fused-ring (bicyclic) bond motifs is 1. The topological polar surface area (TPSA) is 66.8 Å². The van der Waals surface area contributed by atoms with Crippen molar-refractivity contribution < 1.29 is 4.79 Å². The molecule has 1 aliphatic heterocycles. The van der Waals surface area contributed by atoms with Gasteiger partial charge in [-0.3, -0.25) is 14.6 Å². The van der Waals surface area contributed by atoms with E-state index >= 15 is 0 Å². The SMILES string of the molecule is CCC(C(=O)N1CCc2[nH]nc(C3CC3)c2C1)n1cccn1. The molecule has 1 N–H and O–H groups in total. The molecule has 0 radical (unpaired) electrons. The van der Waals surface area contributed by atoms with Crippen LogP contribution in [-0.2, 0) is 17.8 Å². The lowest BCUT2D eigenvalue weighted by molar-refractivity contribution is -0.136. The Morgan fingerprint density at radius 1 is 1.50 bits per heavy atom. The van der Waals surface area contributed by atoms with Gasteiger partial charge in [-0.25, -0.2) is 0 Å². The lowest BCUT2D eigenvalue weighted by Crippen LogP contribution is -2.40. The number of nitrogens with one attached hydrogen (secondary N) is 1. The lowest BCUT2D eigenvalue weighted by atomic mass is 10.0. The summed E-state index contributed by atoms with van der Waals surface area (Å²) in [5, 5.41) is 11.9. The standard InChI is InChI=1S/C16H21N5O/c1-2-14(21-8-3-7-17-21)16(22)20-9-6-13-12(10-20)15(19-18-13)11-4-5-11/h3,7-8,11,14H,2,4-6,9-10H2,1H3,(H,18,19). The molecule has 6 nitrogen and oxygen atoms in total. The molecule has 22 heavy (non-hydrogen) atoms. The number of hydrogen-bond acceptors (Lipinski definition) is 3. The average molecular weight is 299 g/mol. The summed E-state index contributed by atoms with van der Waals surface area (Å²) in [6.07, 6.45) is 7.69. The first-order chi connectivity index (χ1) is 10.8. The van der Waals surface area contributed by atoms with Crippen molar-refractivity contribution in [3.63, 3.8) is 0 Å². The molecule has 0 saturated heterocycles. The molecule has 116 valence electrons. The number of hydrogen-bond donors (Lipinski definition) is 1. The Morgan fingerprint density at radius 3 is 3.05 bits per heavy atom. The molecule has 0 bridgehead atoms. The van der Waals surface area contributed by atoms with Crippen LogP contribution in [0.1, 0.15) is 55.1 Å². The fourth-order valence-corrected chi connectivity index (χ4v) is 3.35. The summed E-state index contributed by atoms with van der Waals surface area (Å²) >= 11 is 0. The van der Waals surface area contributed by atoms with Gasteiger partial charge in [-0.2, -0.15) is 10.2 Å². The summed E-state index contributed by atoms with van der Waals surface area (Å²) in [5.74, 6) is 0.780. The summed E-state index contributed by atoms with van der Waals surface area (Å²) in [5.41, 5.74) is 3.68. The number of aromatic amines is 1. The molecular weight excluding hydrogens is 278 g/mol. The van der Waals surface area contributed by atoms with E-state index in [9.17, 15) is 4.79 Å². The molecule has 0 aromatic carbocycles. The zero-order valence-electron chi connectivity index (χ0n) is 12.8. The molecule has 2 aromatic rings. The number of carbonyl (C=O) groups is 1. The third kappa shape index (κ3) is 2.23. The summed E-state index contributed by atoms with van der Waals surface area (Å²) in [6.45, 7) is 3.48. The van der Waals surface area contributed by atoms with Crippen LogP contribution in [0, 0.1) is 0 Å². The third-order valence-corrected chi connectivity index (χ3v) is 4.76. The number of aromatic nitrogens is 4. The first-order valence-corrected chi connectivity index (χ1v) is 8.11. The van der Waals surface area contributed by atoms with Gasteiger partial charge < -0.3 is 4.90 Å². The number of H-pyrrole nitrogens is 1. The van der Waals surface area contributed by atoms with E-state index in [2.05, 4.69) is 15.3 Å². The molecule has 6 heteroatoms. The molecule has 0 spiro atoms. The second-order valence-corrected chi connectivity index (χ2v) is 6.26. The Hall–Kier alpha value is -2.11. The molecule has 1 atom stereocenters. The maximum Gasteiger partial charge on any atom is 0.247 e. The predicted octanol–water partition coefficient (Wildman–Crippen LogP) is 2.02. The first kappa shape index (κ1) is 13.5. The van der Waals surface area contributed by atoms with E-state index in [4.69, 9.17) is 0 Å². The van der Waals surface area contributed by atoms with E-state index < -0.39 is 0 Å². The molecule has 1 unspecified atom stereocenters. The van der Waals surface area contributed by atoms with Crippen LogP contribution in [0.5, 0.6) is 0 Å². The second kappa shape index (κ2) is 5.26. The normalized spacial score (nSPS) is 19.0. The van der Waals surface area contributed by atoms with Crippen LogP contribution in [0.3, 0.4) is 0 Å². The monoisotopic (exact) mass is 299 g/mol. The fourth-order valence-electron chi connectivity index (χ4n) is 3.35. The van der Waals surface area contributed by atoms with Crippen molar-refractivity contribution in [1.82, 2.24) is 24.9 Å². The van der Waals surface area contributed by atoms with Crippen LogP contribution in [0.15, 0.2) is 18.5 Å². The van der Waals surface area contributed by atoms with Crippen molar-refractivity contribution in [2.45, 2.75) is 51.1 Å². The van der Waals surface area contributed by atoms with Crippen molar-refractivity contribution in [3.05, 3.63) is 35.4 Å². The maximum absolute atomic E-state index is 12.9. The van der Waals surface area contributed by atoms with E-state index in [1.165, 1.54) is 29.8 Å². The van der Waals surface area contributed by atoms with Crippen molar-refractivity contribution in [1.29, 1.82) is 0 Å². The van der Waals surface area contributed by atoms with Crippen LogP contribution in [-0.4, -0.2) is 37.3 Å². The van der Waals surface area contributed by atoms with Crippen molar-refractivity contribution in [2.24, 2.45) is 0 Å². The van der Waals surface area contributed by atoms with E-state index in [1.807, 2.05) is 24.1 Å². The fraction of sp³-hybridized carbons (Fsp3) is 0.562. The molecule has 1 aliphatic carbocycles. The highest BCUT2D eigenvalue weighted by atomic mass is 16.2. The molecule has 1 saturated carbocycles. The van der Waals surface area contributed by atoms with Gasteiger partial charge in [0.05, 0.1) is 5.69 Å². The minimum Gasteiger partial charge on any atom is -0.336 e. The van der Waals surface area contributed by atoms with E-state index in [0.717, 1.165) is 19.4 Å². The maximum atomic E-state index is 12.9. The van der Waals surface area contributed by atoms with Gasteiger partial charge in [-0.05, 0) is 25.3 Å². The smallest absolute Gasteiger partial charge is 0.247 e. The minimum atomic E-state index is -0.201. The van der Waals surface area contributed by atoms with Gasteiger partial charge in [-0.15, -0.1) is 0 Å². The highest BCUT2D eigenvalue weighted by molar-refractivity contribution is 5.80. The highest BCUT2D eigenvalue weighted by Crippen LogP contribution is 2.42. The Morgan fingerprint density at radius 2 is 2.36 bits per heavy atom. The van der Waals surface area contributed by atoms with Gasteiger partial charge in [0.2, 0.25) is 5.91 Å². The molecule has 2 aromatic heterocycles. The highest BCUT2D eigenvalue weighted by Gasteiger charge is 2.34. The molecular formula is C16H21N5O. The van der Waals surface area contributed by atoms with E-state index in [-0.39, 0.29) is 11.9 Å². The van der Waals surface area contributed by atoms with Gasteiger partial charge >= 0.3 is 0 Å². The van der Waals surface area contributed by atoms with Gasteiger partial charge in [0.1, 0.15) is 6.04 Å². The first-order valence-electron chi connectivity index (χ1n) is 8.11. The molecule has 1 fully saturated rings. The van der Waals surface area contributed by atoms with Crippen LogP contribution in [0.25, 0.3) is 0 Å². The van der Waals surface area contributed by atoms with Crippen LogP contribution >= 0.6 is 0 Å². The number of rotatable bonds is 4. The van der Waals surface area contributed by atoms with Gasteiger partial charge in [0.25, 0.3) is 0 Å². The molecule has 2 aliphatic rings. The van der Waals surface area contributed by atoms with Gasteiger partial charge in [0.15, 0.2) is 0 Å². The summed E-state index contributed by atoms with van der Waals surface area (Å²) in [7, 11) is 0. The Labute approximate surface area is 129 Å². The van der Waals surface area contributed by atoms with E-state index in [0.29, 0.717) is 12.5 Å². The number of carbonyl (C=O) groups excluding carboxylic acids is 1. The van der Waals surface area contributed by atoms with Crippen molar-refractivity contribution in [3.8, 4) is 0 Å². The third-order valence-electron chi connectivity index (χ3n) is 4.76. The average Bonchev–Trinajstić information content (AvgIpc) is 3.08. The van der Waals surface area contributed by atoms with Crippen LogP contribution in [0.2, 0.25) is 0 Å². The quantitative estimate of drug-likeness (QED) is 0.939. The minimum absolute atomic E-state index is 0.166. The zero-order valence-corrected chi connectivity index (χ0v) is 12.8. The van der Waals surface area contributed by atoms with Gasteiger partial charge in [0, 0.05) is 49.1 Å². The Kier molecular flexibility index (Phi) is 3.24. The lowest BCUT2D eigenvalue weighted by Gasteiger charge is -2.30. The Bertz CT molecular complexity index is 671. The largest absolute Gasteiger partial charge is 0.336 e. The number of amides is 1. The summed E-state index contributed by atoms with van der Waals surface area (Å²) in [4.78, 5) is 14.9. The molecule has 1 amide bonds. The van der Waals surface area contributed by atoms with E-state index in [1.54, 1.807) is 10.9 Å². The van der Waals surface area contributed by atoms with Crippen LogP contribution in [0.4, 0.5) is 0 Å². The van der Waals surface area contributed by atoms with Crippen molar-refractivity contribution in [2.75, 3.05) is 6.54 Å². The van der Waals surface area contributed by atoms with Crippen LogP contribution < -0.4 is 0 Å². The summed E-state index contributed by atoms with van der Waals surface area (Å²) < 4.78 is 1.77. The number of nitrogens with zero attached hydrogens (tertiary/aromatic N) is 4. The zero-order chi connectivity index (χ0) is 15.1. The second-order valence-electron chi connectivity index (χ2n) is 6.26. The molecule has 4 rings (SSSR count). The summed E-state index contributed by atoms with van der Waals surface area (Å²) in [6, 6.07) is 1.67. The predicted molar refractivity (Wildman–Crippen MR) is 81.2 cm³/mol. The van der Waals surface area contributed by atoms with Crippen molar-refractivity contribution >= 4 is 5.91 Å². The molecule has 3 heterocycles.